The van der Waals surface area contributed by atoms with Gasteiger partial charge in [0.15, 0.2) is 0 Å². The number of unbranched alkanes of at least 4 members (excludes halogenated alkanes) is 2. The van der Waals surface area contributed by atoms with Gasteiger partial charge in [-0.25, -0.2) is 4.79 Å². The average Bonchev–Trinajstić information content (AvgIpc) is 2.94. The van der Waals surface area contributed by atoms with Gasteiger partial charge in [0.25, 0.3) is 0 Å². The summed E-state index contributed by atoms with van der Waals surface area (Å²) in [4.78, 5) is 14.8. The molecule has 1 aromatic heterocycles. The Kier molecular flexibility index (Phi) is 5.90. The van der Waals surface area contributed by atoms with Crippen molar-refractivity contribution >= 4 is 16.9 Å². The summed E-state index contributed by atoms with van der Waals surface area (Å²) in [6.45, 7) is 6.77. The molecule has 0 bridgehead atoms. The zero-order valence-corrected chi connectivity index (χ0v) is 14.3. The number of methoxy groups -OCH3 is 1. The Morgan fingerprint density at radius 3 is 2.65 bits per heavy atom. The fraction of sp³-hybridized carbons (Fsp3) is 0.500. The second-order valence-corrected chi connectivity index (χ2v) is 5.78. The number of aromatic amines is 1. The molecule has 2 rings (SSSR count). The zero-order chi connectivity index (χ0) is 16.8. The van der Waals surface area contributed by atoms with E-state index >= 15 is 0 Å². The van der Waals surface area contributed by atoms with Gasteiger partial charge in [-0.1, -0.05) is 19.8 Å². The summed E-state index contributed by atoms with van der Waals surface area (Å²) >= 11 is 0. The number of nitrogens with one attached hydrogen (secondary N) is 1. The lowest BCUT2D eigenvalue weighted by molar-refractivity contribution is 0.0595. The molecule has 0 aliphatic heterocycles. The van der Waals surface area contributed by atoms with Crippen LogP contribution >= 0.6 is 0 Å². The fourth-order valence-electron chi connectivity index (χ4n) is 2.38. The lowest BCUT2D eigenvalue weighted by Crippen LogP contribution is -2.06. The van der Waals surface area contributed by atoms with E-state index in [1.807, 2.05) is 26.0 Å². The normalized spacial score (nSPS) is 11.0. The minimum Gasteiger partial charge on any atom is -0.493 e. The molecule has 0 saturated heterocycles. The number of carbonyl (C=O) groups excluding carboxylic acids is 1. The van der Waals surface area contributed by atoms with Gasteiger partial charge in [-0.3, -0.25) is 0 Å². The highest BCUT2D eigenvalue weighted by atomic mass is 16.5. The molecule has 1 aromatic carbocycles. The van der Waals surface area contributed by atoms with Gasteiger partial charge in [0, 0.05) is 17.5 Å². The first-order valence-corrected chi connectivity index (χ1v) is 8.09. The molecule has 1 heterocycles. The van der Waals surface area contributed by atoms with Crippen LogP contribution in [-0.2, 0) is 4.74 Å². The predicted molar refractivity (Wildman–Crippen MR) is 90.4 cm³/mol. The number of benzene rings is 1. The van der Waals surface area contributed by atoms with Crippen molar-refractivity contribution in [3.63, 3.8) is 0 Å². The zero-order valence-electron chi connectivity index (χ0n) is 14.3. The fourth-order valence-corrected chi connectivity index (χ4v) is 2.38. The lowest BCUT2D eigenvalue weighted by atomic mass is 10.2. The van der Waals surface area contributed by atoms with Crippen molar-refractivity contribution in [2.24, 2.45) is 0 Å². The van der Waals surface area contributed by atoms with Crippen molar-refractivity contribution in [2.45, 2.75) is 46.1 Å². The Morgan fingerprint density at radius 2 is 2.00 bits per heavy atom. The van der Waals surface area contributed by atoms with E-state index in [1.54, 1.807) is 6.07 Å². The van der Waals surface area contributed by atoms with E-state index in [2.05, 4.69) is 11.9 Å². The number of hydrogen-bond acceptors (Lipinski definition) is 4. The van der Waals surface area contributed by atoms with Crippen LogP contribution in [0.15, 0.2) is 18.2 Å². The van der Waals surface area contributed by atoms with E-state index in [-0.39, 0.29) is 6.10 Å². The maximum absolute atomic E-state index is 11.7. The van der Waals surface area contributed by atoms with Gasteiger partial charge < -0.3 is 19.2 Å². The van der Waals surface area contributed by atoms with Crippen molar-refractivity contribution < 1.29 is 19.0 Å². The number of carbonyl (C=O) groups is 1. The van der Waals surface area contributed by atoms with Gasteiger partial charge >= 0.3 is 5.97 Å². The molecule has 0 unspecified atom stereocenters. The van der Waals surface area contributed by atoms with Crippen molar-refractivity contribution in [2.75, 3.05) is 13.7 Å². The molecule has 0 aliphatic carbocycles. The summed E-state index contributed by atoms with van der Waals surface area (Å²) in [5.74, 6) is 1.04. The van der Waals surface area contributed by atoms with E-state index in [0.29, 0.717) is 18.1 Å². The summed E-state index contributed by atoms with van der Waals surface area (Å²) in [6.07, 6.45) is 3.35. The van der Waals surface area contributed by atoms with Crippen LogP contribution in [0.25, 0.3) is 10.9 Å². The SMILES string of the molecule is CCCCCOc1cc(OC(C)C)c2cc(C(=O)OC)[nH]c2c1. The minimum absolute atomic E-state index is 0.0324. The van der Waals surface area contributed by atoms with Gasteiger partial charge in [-0.2, -0.15) is 0 Å². The topological polar surface area (TPSA) is 60.6 Å². The number of ether oxygens (including phenoxy) is 3. The monoisotopic (exact) mass is 319 g/mol. The molecular formula is C18H25NO4. The van der Waals surface area contributed by atoms with Crippen LogP contribution < -0.4 is 9.47 Å². The Balaban J connectivity index is 2.32. The molecule has 0 aliphatic rings. The van der Waals surface area contributed by atoms with Gasteiger partial charge in [0.1, 0.15) is 17.2 Å². The molecule has 5 heteroatoms. The maximum atomic E-state index is 11.7. The molecule has 23 heavy (non-hydrogen) atoms. The van der Waals surface area contributed by atoms with Crippen molar-refractivity contribution in [3.05, 3.63) is 23.9 Å². The molecular weight excluding hydrogens is 294 g/mol. The first-order chi connectivity index (χ1) is 11.0. The third-order valence-corrected chi connectivity index (χ3v) is 3.46. The Hall–Kier alpha value is -2.17. The van der Waals surface area contributed by atoms with Crippen LogP contribution in [-0.4, -0.2) is 30.8 Å². The van der Waals surface area contributed by atoms with Crippen molar-refractivity contribution in [1.82, 2.24) is 4.98 Å². The molecule has 5 nitrogen and oxygen atoms in total. The lowest BCUT2D eigenvalue weighted by Gasteiger charge is -2.13. The highest BCUT2D eigenvalue weighted by Gasteiger charge is 2.15. The summed E-state index contributed by atoms with van der Waals surface area (Å²) < 4.78 is 16.5. The van der Waals surface area contributed by atoms with Crippen molar-refractivity contribution in [1.29, 1.82) is 0 Å². The number of H-pyrrole nitrogens is 1. The molecule has 0 spiro atoms. The summed E-state index contributed by atoms with van der Waals surface area (Å²) in [7, 11) is 1.36. The quantitative estimate of drug-likeness (QED) is 0.582. The third kappa shape index (κ3) is 4.41. The van der Waals surface area contributed by atoms with Crippen LogP contribution in [0.4, 0.5) is 0 Å². The smallest absolute Gasteiger partial charge is 0.354 e. The van der Waals surface area contributed by atoms with Gasteiger partial charge in [-0.15, -0.1) is 0 Å². The van der Waals surface area contributed by atoms with Gasteiger partial charge in [-0.05, 0) is 26.3 Å². The molecule has 0 saturated carbocycles. The third-order valence-electron chi connectivity index (χ3n) is 3.46. The van der Waals surface area contributed by atoms with Crippen LogP contribution in [0.5, 0.6) is 11.5 Å². The Bertz CT molecular complexity index is 660. The van der Waals surface area contributed by atoms with Crippen molar-refractivity contribution in [3.8, 4) is 11.5 Å². The number of fused-ring (bicyclic) bond motifs is 1. The highest BCUT2D eigenvalue weighted by Crippen LogP contribution is 2.33. The molecule has 0 amide bonds. The first kappa shape index (κ1) is 17.2. The average molecular weight is 319 g/mol. The first-order valence-electron chi connectivity index (χ1n) is 8.09. The number of rotatable bonds is 8. The van der Waals surface area contributed by atoms with Gasteiger partial charge in [0.05, 0.1) is 25.3 Å². The molecule has 0 fully saturated rings. The molecule has 0 radical (unpaired) electrons. The second-order valence-electron chi connectivity index (χ2n) is 5.78. The molecule has 0 atom stereocenters. The van der Waals surface area contributed by atoms with E-state index in [4.69, 9.17) is 14.2 Å². The second kappa shape index (κ2) is 7.90. The summed E-state index contributed by atoms with van der Waals surface area (Å²) in [6, 6.07) is 5.52. The summed E-state index contributed by atoms with van der Waals surface area (Å²) in [5, 5.41) is 0.847. The number of esters is 1. The van der Waals surface area contributed by atoms with E-state index < -0.39 is 5.97 Å². The number of hydrogen-bond donors (Lipinski definition) is 1. The van der Waals surface area contributed by atoms with Crippen LogP contribution in [0.3, 0.4) is 0 Å². The largest absolute Gasteiger partial charge is 0.493 e. The van der Waals surface area contributed by atoms with E-state index in [0.717, 1.165) is 35.9 Å². The van der Waals surface area contributed by atoms with Crippen LogP contribution in [0, 0.1) is 0 Å². The molecule has 1 N–H and O–H groups in total. The standard InChI is InChI=1S/C18H25NO4/c1-5-6-7-8-22-13-9-15-14(17(10-13)23-12(2)3)11-16(19-15)18(20)21-4/h9-12,19H,5-8H2,1-4H3. The highest BCUT2D eigenvalue weighted by molar-refractivity contribution is 5.97. The van der Waals surface area contributed by atoms with Gasteiger partial charge in [0.2, 0.25) is 0 Å². The van der Waals surface area contributed by atoms with Crippen LogP contribution in [0.2, 0.25) is 0 Å². The molecule has 2 aromatic rings. The maximum Gasteiger partial charge on any atom is 0.354 e. The van der Waals surface area contributed by atoms with E-state index in [9.17, 15) is 4.79 Å². The summed E-state index contributed by atoms with van der Waals surface area (Å²) in [5.41, 5.74) is 1.20. The molecule has 126 valence electrons. The Labute approximate surface area is 136 Å². The van der Waals surface area contributed by atoms with Crippen LogP contribution in [0.1, 0.15) is 50.5 Å². The predicted octanol–water partition coefficient (Wildman–Crippen LogP) is 4.31. The Morgan fingerprint density at radius 1 is 1.22 bits per heavy atom. The van der Waals surface area contributed by atoms with E-state index in [1.165, 1.54) is 7.11 Å². The number of aromatic nitrogens is 1. The minimum atomic E-state index is -0.401.